The molecule has 0 bridgehead atoms. The van der Waals surface area contributed by atoms with Crippen LogP contribution < -0.4 is 15.9 Å². The molecule has 3 aromatic carbocycles. The van der Waals surface area contributed by atoms with E-state index in [1.54, 1.807) is 0 Å². The average molecular weight is 359 g/mol. The molecule has 0 fully saturated rings. The van der Waals surface area contributed by atoms with Gasteiger partial charge in [0.15, 0.2) is 0 Å². The normalized spacial score (nSPS) is 14.7. The number of nitrogens with zero attached hydrogens (tertiary/aromatic N) is 1. The van der Waals surface area contributed by atoms with Gasteiger partial charge in [-0.3, -0.25) is 0 Å². The summed E-state index contributed by atoms with van der Waals surface area (Å²) in [7, 11) is -3.05. The molecule has 128 valence electrons. The second kappa shape index (κ2) is 6.70. The first-order valence-corrected chi connectivity index (χ1v) is 10.4. The van der Waals surface area contributed by atoms with Crippen molar-refractivity contribution < 1.29 is 9.59 Å². The average Bonchev–Trinajstić information content (AvgIpc) is 3.04. The molecule has 0 unspecified atom stereocenters. The summed E-state index contributed by atoms with van der Waals surface area (Å²) in [6.45, 7) is 0. The second-order valence-corrected chi connectivity index (χ2v) is 9.75. The Morgan fingerprint density at radius 1 is 0.500 bits per heavy atom. The number of carbonyl (C=O) groups excluding carboxylic acids is 2. The predicted octanol–water partition coefficient (Wildman–Crippen LogP) is 2.55. The van der Waals surface area contributed by atoms with Gasteiger partial charge in [0.25, 0.3) is 0 Å². The van der Waals surface area contributed by atoms with Crippen LogP contribution in [-0.4, -0.2) is 16.5 Å². The van der Waals surface area contributed by atoms with E-state index >= 15 is 0 Å². The molecule has 1 aliphatic heterocycles. The molecule has 0 saturated carbocycles. The van der Waals surface area contributed by atoms with Crippen LogP contribution in [-0.2, 0) is 9.59 Å². The zero-order chi connectivity index (χ0) is 18.0. The number of imide groups is 1. The third kappa shape index (κ3) is 2.49. The van der Waals surface area contributed by atoms with Crippen molar-refractivity contribution in [2.24, 2.45) is 0 Å². The van der Waals surface area contributed by atoms with Gasteiger partial charge in [0, 0.05) is 0 Å². The van der Waals surface area contributed by atoms with Crippen molar-refractivity contribution in [1.29, 1.82) is 0 Å². The van der Waals surface area contributed by atoms with E-state index in [9.17, 15) is 9.59 Å². The number of amides is 2. The SMILES string of the molecule is O=C1C=CC(=O)N1[PH](c1ccccc1)(c1ccccc1)c1ccccc1. The van der Waals surface area contributed by atoms with Gasteiger partial charge in [-0.15, -0.1) is 0 Å². The molecule has 1 heterocycles. The molecular weight excluding hydrogens is 341 g/mol. The summed E-state index contributed by atoms with van der Waals surface area (Å²) in [6, 6.07) is 29.7. The molecule has 3 nitrogen and oxygen atoms in total. The Kier molecular flexibility index (Phi) is 4.24. The Balaban J connectivity index is 2.11. The van der Waals surface area contributed by atoms with E-state index in [0.29, 0.717) is 0 Å². The monoisotopic (exact) mass is 359 g/mol. The molecule has 0 aliphatic carbocycles. The quantitative estimate of drug-likeness (QED) is 0.530. The topological polar surface area (TPSA) is 37.4 Å². The molecule has 0 atom stereocenters. The third-order valence-corrected chi connectivity index (χ3v) is 9.34. The number of hydrogen-bond acceptors (Lipinski definition) is 2. The summed E-state index contributed by atoms with van der Waals surface area (Å²) >= 11 is 0. The summed E-state index contributed by atoms with van der Waals surface area (Å²) in [4.78, 5) is 25.6. The summed E-state index contributed by atoms with van der Waals surface area (Å²) < 4.78 is 1.49. The minimum absolute atomic E-state index is 0.252. The molecule has 3 aromatic rings. The van der Waals surface area contributed by atoms with Crippen molar-refractivity contribution in [3.8, 4) is 0 Å². The summed E-state index contributed by atoms with van der Waals surface area (Å²) in [5.74, 6) is -0.503. The van der Waals surface area contributed by atoms with Crippen molar-refractivity contribution in [3.05, 3.63) is 103 Å². The summed E-state index contributed by atoms with van der Waals surface area (Å²) in [6.07, 6.45) is 2.75. The van der Waals surface area contributed by atoms with Crippen molar-refractivity contribution in [1.82, 2.24) is 4.67 Å². The van der Waals surface area contributed by atoms with Crippen LogP contribution in [0, 0.1) is 0 Å². The van der Waals surface area contributed by atoms with Gasteiger partial charge in [-0.2, -0.15) is 0 Å². The fourth-order valence-corrected chi connectivity index (χ4v) is 8.27. The van der Waals surface area contributed by atoms with Gasteiger partial charge in [0.2, 0.25) is 0 Å². The van der Waals surface area contributed by atoms with Gasteiger partial charge in [-0.05, 0) is 0 Å². The van der Waals surface area contributed by atoms with Crippen molar-refractivity contribution in [2.45, 2.75) is 0 Å². The van der Waals surface area contributed by atoms with E-state index in [4.69, 9.17) is 0 Å². The van der Waals surface area contributed by atoms with Crippen LogP contribution >= 0.6 is 7.41 Å². The minimum atomic E-state index is -3.05. The number of hydrogen-bond donors (Lipinski definition) is 0. The first kappa shape index (κ1) is 16.4. The van der Waals surface area contributed by atoms with Crippen LogP contribution in [0.15, 0.2) is 103 Å². The van der Waals surface area contributed by atoms with E-state index in [2.05, 4.69) is 0 Å². The zero-order valence-corrected chi connectivity index (χ0v) is 15.1. The Bertz CT molecular complexity index is 854. The van der Waals surface area contributed by atoms with E-state index < -0.39 is 7.41 Å². The van der Waals surface area contributed by atoms with Gasteiger partial charge in [0.1, 0.15) is 0 Å². The first-order valence-electron chi connectivity index (χ1n) is 8.47. The molecule has 0 spiro atoms. The fraction of sp³-hybridized carbons (Fsp3) is 0. The van der Waals surface area contributed by atoms with Crippen LogP contribution in [0.1, 0.15) is 0 Å². The second-order valence-electron chi connectivity index (χ2n) is 6.15. The van der Waals surface area contributed by atoms with Crippen molar-refractivity contribution in [3.63, 3.8) is 0 Å². The zero-order valence-electron chi connectivity index (χ0n) is 14.1. The van der Waals surface area contributed by atoms with Crippen molar-refractivity contribution >= 4 is 35.1 Å². The Labute approximate surface area is 153 Å². The van der Waals surface area contributed by atoms with Gasteiger partial charge in [-0.25, -0.2) is 0 Å². The van der Waals surface area contributed by atoms with E-state index in [0.717, 1.165) is 15.9 Å². The predicted molar refractivity (Wildman–Crippen MR) is 108 cm³/mol. The molecule has 0 radical (unpaired) electrons. The van der Waals surface area contributed by atoms with Crippen LogP contribution in [0.4, 0.5) is 0 Å². The molecule has 2 amide bonds. The number of benzene rings is 3. The Morgan fingerprint density at radius 3 is 1.12 bits per heavy atom. The van der Waals surface area contributed by atoms with Crippen LogP contribution in [0.2, 0.25) is 0 Å². The molecular formula is C22H18NO2P. The standard InChI is InChI=1S/C22H18NO2P/c24-21-16-17-22(25)23(21)26(18-10-4-1-5-11-18,19-12-6-2-7-13-19)20-14-8-3-9-15-20/h1-17,26H. The molecule has 0 aromatic heterocycles. The maximum atomic E-state index is 12.8. The van der Waals surface area contributed by atoms with E-state index in [1.807, 2.05) is 91.0 Å². The Hall–Kier alpha value is -3.03. The molecule has 1 aliphatic rings. The summed E-state index contributed by atoms with van der Waals surface area (Å²) in [5, 5.41) is 3.01. The van der Waals surface area contributed by atoms with Crippen LogP contribution in [0.3, 0.4) is 0 Å². The molecule has 4 rings (SSSR count). The molecule has 0 N–H and O–H groups in total. The van der Waals surface area contributed by atoms with E-state index in [-0.39, 0.29) is 11.8 Å². The van der Waals surface area contributed by atoms with Gasteiger partial charge in [-0.1, -0.05) is 0 Å². The molecule has 4 heteroatoms. The maximum absolute atomic E-state index is 12.8. The molecule has 26 heavy (non-hydrogen) atoms. The molecule has 0 saturated heterocycles. The number of rotatable bonds is 4. The van der Waals surface area contributed by atoms with E-state index in [1.165, 1.54) is 16.8 Å². The number of carbonyl (C=O) groups is 2. The fourth-order valence-electron chi connectivity index (χ4n) is 3.66. The first-order chi connectivity index (χ1) is 12.7. The summed E-state index contributed by atoms with van der Waals surface area (Å²) in [5.41, 5.74) is 0. The van der Waals surface area contributed by atoms with Crippen molar-refractivity contribution in [2.75, 3.05) is 0 Å². The van der Waals surface area contributed by atoms with Gasteiger partial charge < -0.3 is 0 Å². The third-order valence-electron chi connectivity index (χ3n) is 4.72. The Morgan fingerprint density at radius 2 is 0.808 bits per heavy atom. The van der Waals surface area contributed by atoms with Gasteiger partial charge in [0.05, 0.1) is 0 Å². The van der Waals surface area contributed by atoms with Crippen LogP contribution in [0.25, 0.3) is 0 Å². The van der Waals surface area contributed by atoms with Crippen LogP contribution in [0.5, 0.6) is 0 Å². The van der Waals surface area contributed by atoms with Gasteiger partial charge >= 0.3 is 153 Å².